The Morgan fingerprint density at radius 3 is 2.50 bits per heavy atom. The SMILES string of the molecule is O=C(CC1CC1)Nc1ccc(-c2noc(C(F)(F)F)n2)cc1. The van der Waals surface area contributed by atoms with Gasteiger partial charge in [-0.05, 0) is 43.0 Å². The summed E-state index contributed by atoms with van der Waals surface area (Å²) in [5.74, 6) is -1.11. The first kappa shape index (κ1) is 14.6. The van der Waals surface area contributed by atoms with Crippen LogP contribution >= 0.6 is 0 Å². The molecule has 116 valence electrons. The van der Waals surface area contributed by atoms with Gasteiger partial charge in [0.1, 0.15) is 0 Å². The largest absolute Gasteiger partial charge is 0.471 e. The van der Waals surface area contributed by atoms with E-state index in [4.69, 9.17) is 0 Å². The molecule has 1 N–H and O–H groups in total. The number of amides is 1. The lowest BCUT2D eigenvalue weighted by atomic mass is 10.2. The highest BCUT2D eigenvalue weighted by atomic mass is 19.4. The maximum Gasteiger partial charge on any atom is 0.471 e. The van der Waals surface area contributed by atoms with E-state index < -0.39 is 12.1 Å². The summed E-state index contributed by atoms with van der Waals surface area (Å²) in [5.41, 5.74) is 0.952. The second-order valence-corrected chi connectivity index (χ2v) is 5.19. The molecule has 22 heavy (non-hydrogen) atoms. The molecule has 1 amide bonds. The van der Waals surface area contributed by atoms with E-state index in [1.54, 1.807) is 12.1 Å². The van der Waals surface area contributed by atoms with Crippen molar-refractivity contribution in [1.82, 2.24) is 10.1 Å². The zero-order chi connectivity index (χ0) is 15.7. The van der Waals surface area contributed by atoms with Crippen LogP contribution in [-0.4, -0.2) is 16.0 Å². The Morgan fingerprint density at radius 2 is 1.95 bits per heavy atom. The molecule has 1 aromatic heterocycles. The second-order valence-electron chi connectivity index (χ2n) is 5.19. The van der Waals surface area contributed by atoms with Crippen LogP contribution in [0, 0.1) is 5.92 Å². The number of hydrogen-bond acceptors (Lipinski definition) is 4. The van der Waals surface area contributed by atoms with E-state index in [1.165, 1.54) is 12.1 Å². The monoisotopic (exact) mass is 311 g/mol. The maximum absolute atomic E-state index is 12.4. The first-order valence-corrected chi connectivity index (χ1v) is 6.73. The summed E-state index contributed by atoms with van der Waals surface area (Å²) in [4.78, 5) is 15.0. The van der Waals surface area contributed by atoms with Crippen LogP contribution in [-0.2, 0) is 11.0 Å². The molecule has 1 fully saturated rings. The summed E-state index contributed by atoms with van der Waals surface area (Å²) in [6.45, 7) is 0. The number of carbonyl (C=O) groups is 1. The van der Waals surface area contributed by atoms with Gasteiger partial charge >= 0.3 is 12.1 Å². The summed E-state index contributed by atoms with van der Waals surface area (Å²) in [7, 11) is 0. The molecule has 0 radical (unpaired) electrons. The molecular formula is C14H12F3N3O2. The molecule has 0 spiro atoms. The van der Waals surface area contributed by atoms with Crippen LogP contribution in [0.15, 0.2) is 28.8 Å². The number of anilines is 1. The topological polar surface area (TPSA) is 68.0 Å². The maximum atomic E-state index is 12.4. The first-order valence-electron chi connectivity index (χ1n) is 6.73. The van der Waals surface area contributed by atoms with Gasteiger partial charge in [0.25, 0.3) is 0 Å². The number of halogens is 3. The number of rotatable bonds is 4. The van der Waals surface area contributed by atoms with Gasteiger partial charge in [0.05, 0.1) is 0 Å². The van der Waals surface area contributed by atoms with E-state index in [0.717, 1.165) is 12.8 Å². The van der Waals surface area contributed by atoms with Crippen molar-refractivity contribution < 1.29 is 22.5 Å². The van der Waals surface area contributed by atoms with Crippen LogP contribution in [0.3, 0.4) is 0 Å². The van der Waals surface area contributed by atoms with Crippen molar-refractivity contribution >= 4 is 11.6 Å². The van der Waals surface area contributed by atoms with Gasteiger partial charge in [0.2, 0.25) is 11.7 Å². The highest BCUT2D eigenvalue weighted by molar-refractivity contribution is 5.91. The minimum Gasteiger partial charge on any atom is -0.329 e. The quantitative estimate of drug-likeness (QED) is 0.938. The summed E-state index contributed by atoms with van der Waals surface area (Å²) < 4.78 is 41.3. The Kier molecular flexibility index (Phi) is 3.59. The van der Waals surface area contributed by atoms with Crippen LogP contribution in [0.1, 0.15) is 25.2 Å². The Labute approximate surface area is 123 Å². The Hall–Kier alpha value is -2.38. The second kappa shape index (κ2) is 5.43. The van der Waals surface area contributed by atoms with E-state index in [0.29, 0.717) is 23.6 Å². The van der Waals surface area contributed by atoms with E-state index in [9.17, 15) is 18.0 Å². The minimum atomic E-state index is -4.66. The zero-order valence-electron chi connectivity index (χ0n) is 11.4. The highest BCUT2D eigenvalue weighted by Crippen LogP contribution is 2.33. The zero-order valence-corrected chi connectivity index (χ0v) is 11.4. The molecule has 0 aliphatic heterocycles. The van der Waals surface area contributed by atoms with Gasteiger partial charge in [-0.3, -0.25) is 4.79 Å². The van der Waals surface area contributed by atoms with E-state index in [2.05, 4.69) is 20.0 Å². The standard InChI is InChI=1S/C14H12F3N3O2/c15-14(16,17)13-19-12(20-22-13)9-3-5-10(6-4-9)18-11(21)7-8-1-2-8/h3-6,8H,1-2,7H2,(H,18,21). The van der Waals surface area contributed by atoms with Crippen LogP contribution in [0.2, 0.25) is 0 Å². The molecule has 0 unspecified atom stereocenters. The fourth-order valence-electron chi connectivity index (χ4n) is 1.95. The number of nitrogens with zero attached hydrogens (tertiary/aromatic N) is 2. The van der Waals surface area contributed by atoms with Gasteiger partial charge < -0.3 is 9.84 Å². The highest BCUT2D eigenvalue weighted by Gasteiger charge is 2.38. The molecule has 3 rings (SSSR count). The van der Waals surface area contributed by atoms with Gasteiger partial charge in [-0.15, -0.1) is 0 Å². The average molecular weight is 311 g/mol. The Bertz CT molecular complexity index is 675. The van der Waals surface area contributed by atoms with Crippen LogP contribution < -0.4 is 5.32 Å². The van der Waals surface area contributed by atoms with Crippen molar-refractivity contribution in [3.63, 3.8) is 0 Å². The number of carbonyl (C=O) groups excluding carboxylic acids is 1. The minimum absolute atomic E-state index is 0.0610. The lowest BCUT2D eigenvalue weighted by molar-refractivity contribution is -0.159. The average Bonchev–Trinajstić information content (AvgIpc) is 3.10. The third-order valence-electron chi connectivity index (χ3n) is 3.27. The van der Waals surface area contributed by atoms with Crippen molar-refractivity contribution in [3.05, 3.63) is 30.2 Å². The molecule has 0 saturated heterocycles. The molecule has 1 aromatic carbocycles. The number of benzene rings is 1. The molecule has 1 aliphatic rings. The number of aromatic nitrogens is 2. The van der Waals surface area contributed by atoms with E-state index in [1.807, 2.05) is 0 Å². The van der Waals surface area contributed by atoms with Crippen molar-refractivity contribution in [2.45, 2.75) is 25.4 Å². The van der Waals surface area contributed by atoms with Gasteiger partial charge in [-0.25, -0.2) is 0 Å². The normalized spacial score (nSPS) is 14.9. The molecule has 1 saturated carbocycles. The van der Waals surface area contributed by atoms with Crippen molar-refractivity contribution in [2.75, 3.05) is 5.32 Å². The third-order valence-corrected chi connectivity index (χ3v) is 3.27. The molecular weight excluding hydrogens is 299 g/mol. The smallest absolute Gasteiger partial charge is 0.329 e. The van der Waals surface area contributed by atoms with Crippen LogP contribution in [0.25, 0.3) is 11.4 Å². The molecule has 2 aromatic rings. The predicted molar refractivity (Wildman–Crippen MR) is 70.7 cm³/mol. The Balaban J connectivity index is 1.68. The number of alkyl halides is 3. The summed E-state index contributed by atoms with van der Waals surface area (Å²) in [6.07, 6.45) is -1.99. The van der Waals surface area contributed by atoms with Gasteiger partial charge in [-0.1, -0.05) is 5.16 Å². The number of nitrogens with one attached hydrogen (secondary N) is 1. The fourth-order valence-corrected chi connectivity index (χ4v) is 1.95. The van der Waals surface area contributed by atoms with Crippen LogP contribution in [0.5, 0.6) is 0 Å². The molecule has 5 nitrogen and oxygen atoms in total. The fraction of sp³-hybridized carbons (Fsp3) is 0.357. The van der Waals surface area contributed by atoms with Gasteiger partial charge in [-0.2, -0.15) is 18.2 Å². The molecule has 8 heteroatoms. The first-order chi connectivity index (χ1) is 10.4. The lowest BCUT2D eigenvalue weighted by Crippen LogP contribution is -2.11. The molecule has 1 aliphatic carbocycles. The third kappa shape index (κ3) is 3.44. The van der Waals surface area contributed by atoms with Gasteiger partial charge in [0.15, 0.2) is 0 Å². The predicted octanol–water partition coefficient (Wildman–Crippen LogP) is 3.49. The summed E-state index contributed by atoms with van der Waals surface area (Å²) in [6, 6.07) is 6.23. The molecule has 0 atom stereocenters. The van der Waals surface area contributed by atoms with Crippen molar-refractivity contribution in [1.29, 1.82) is 0 Å². The van der Waals surface area contributed by atoms with Crippen LogP contribution in [0.4, 0.5) is 18.9 Å². The van der Waals surface area contributed by atoms with Crippen molar-refractivity contribution in [2.24, 2.45) is 5.92 Å². The summed E-state index contributed by atoms with van der Waals surface area (Å²) in [5, 5.41) is 6.04. The summed E-state index contributed by atoms with van der Waals surface area (Å²) >= 11 is 0. The van der Waals surface area contributed by atoms with E-state index in [-0.39, 0.29) is 11.7 Å². The van der Waals surface area contributed by atoms with Crippen molar-refractivity contribution in [3.8, 4) is 11.4 Å². The van der Waals surface area contributed by atoms with Gasteiger partial charge in [0, 0.05) is 17.7 Å². The Morgan fingerprint density at radius 1 is 1.27 bits per heavy atom. The lowest BCUT2D eigenvalue weighted by Gasteiger charge is -2.04. The molecule has 0 bridgehead atoms. The number of hydrogen-bond donors (Lipinski definition) is 1. The molecule has 1 heterocycles. The van der Waals surface area contributed by atoms with E-state index >= 15 is 0 Å².